The van der Waals surface area contributed by atoms with E-state index < -0.39 is 17.6 Å². The van der Waals surface area contributed by atoms with E-state index in [2.05, 4.69) is 10.9 Å². The molecule has 0 spiro atoms. The maximum Gasteiger partial charge on any atom is 0.276 e. The van der Waals surface area contributed by atoms with Crippen molar-refractivity contribution in [3.63, 3.8) is 0 Å². The summed E-state index contributed by atoms with van der Waals surface area (Å²) in [4.78, 5) is 23.6. The number of rotatable bonds is 7. The van der Waals surface area contributed by atoms with Crippen LogP contribution in [-0.4, -0.2) is 25.0 Å². The van der Waals surface area contributed by atoms with Crippen LogP contribution in [0.3, 0.4) is 0 Å². The zero-order valence-electron chi connectivity index (χ0n) is 13.8. The molecular formula is C18H19FN2O4. The van der Waals surface area contributed by atoms with Crippen molar-refractivity contribution in [3.8, 4) is 11.5 Å². The highest BCUT2D eigenvalue weighted by atomic mass is 19.1. The van der Waals surface area contributed by atoms with Crippen LogP contribution >= 0.6 is 0 Å². The van der Waals surface area contributed by atoms with Crippen molar-refractivity contribution in [2.24, 2.45) is 0 Å². The minimum absolute atomic E-state index is 0.223. The number of hydrogen-bond donors (Lipinski definition) is 2. The predicted octanol–water partition coefficient (Wildman–Crippen LogP) is 2.45. The summed E-state index contributed by atoms with van der Waals surface area (Å²) in [5.74, 6) is -0.554. The zero-order chi connectivity index (χ0) is 18.1. The number of hydrogen-bond acceptors (Lipinski definition) is 4. The Morgan fingerprint density at radius 1 is 0.960 bits per heavy atom. The summed E-state index contributed by atoms with van der Waals surface area (Å²) in [5.41, 5.74) is 4.68. The molecule has 0 aliphatic carbocycles. The van der Waals surface area contributed by atoms with Crippen molar-refractivity contribution in [3.05, 3.63) is 59.9 Å². The van der Waals surface area contributed by atoms with Crippen LogP contribution in [0.2, 0.25) is 0 Å². The Kier molecular flexibility index (Phi) is 6.76. The molecule has 25 heavy (non-hydrogen) atoms. The molecule has 2 aromatic carbocycles. The van der Waals surface area contributed by atoms with E-state index in [1.165, 1.54) is 12.1 Å². The fourth-order valence-corrected chi connectivity index (χ4v) is 1.88. The number of hydrazine groups is 1. The van der Waals surface area contributed by atoms with Crippen molar-refractivity contribution >= 4 is 11.8 Å². The van der Waals surface area contributed by atoms with Gasteiger partial charge < -0.3 is 9.47 Å². The molecule has 0 bridgehead atoms. The third-order valence-electron chi connectivity index (χ3n) is 3.09. The number of carbonyl (C=O) groups excluding carboxylic acids is 2. The van der Waals surface area contributed by atoms with Crippen molar-refractivity contribution in [2.45, 2.75) is 13.3 Å². The molecule has 0 heterocycles. The van der Waals surface area contributed by atoms with Crippen LogP contribution in [0.1, 0.15) is 23.7 Å². The number of carbonyl (C=O) groups is 2. The lowest BCUT2D eigenvalue weighted by Gasteiger charge is -2.12. The third-order valence-corrected chi connectivity index (χ3v) is 3.09. The normalized spacial score (nSPS) is 10.0. The van der Waals surface area contributed by atoms with E-state index in [4.69, 9.17) is 9.47 Å². The first-order chi connectivity index (χ1) is 12.1. The minimum Gasteiger partial charge on any atom is -0.490 e. The second kappa shape index (κ2) is 9.27. The number of halogens is 1. The molecule has 6 nitrogen and oxygen atoms in total. The van der Waals surface area contributed by atoms with Crippen LogP contribution in [0, 0.1) is 5.82 Å². The third kappa shape index (κ3) is 5.80. The second-order valence-corrected chi connectivity index (χ2v) is 5.09. The lowest BCUT2D eigenvalue weighted by atomic mass is 10.2. The van der Waals surface area contributed by atoms with Crippen LogP contribution < -0.4 is 20.3 Å². The number of para-hydroxylation sites is 2. The quantitative estimate of drug-likeness (QED) is 0.755. The molecular weight excluding hydrogens is 327 g/mol. The highest BCUT2D eigenvalue weighted by Gasteiger charge is 2.10. The number of amides is 2. The van der Waals surface area contributed by atoms with Gasteiger partial charge in [0.15, 0.2) is 18.1 Å². The molecule has 0 atom stereocenters. The topological polar surface area (TPSA) is 76.7 Å². The molecule has 7 heteroatoms. The Balaban J connectivity index is 1.81. The van der Waals surface area contributed by atoms with E-state index in [0.717, 1.165) is 18.6 Å². The molecule has 132 valence electrons. The average molecular weight is 346 g/mol. The Bertz CT molecular complexity index is 719. The summed E-state index contributed by atoms with van der Waals surface area (Å²) < 4.78 is 23.7. The van der Waals surface area contributed by atoms with Gasteiger partial charge in [-0.2, -0.15) is 0 Å². The summed E-state index contributed by atoms with van der Waals surface area (Å²) in [6, 6.07) is 12.0. The molecule has 2 aromatic rings. The minimum atomic E-state index is -0.556. The van der Waals surface area contributed by atoms with Crippen LogP contribution in [0.5, 0.6) is 11.5 Å². The summed E-state index contributed by atoms with van der Waals surface area (Å²) >= 11 is 0. The van der Waals surface area contributed by atoms with E-state index in [0.29, 0.717) is 18.1 Å². The van der Waals surface area contributed by atoms with E-state index in [9.17, 15) is 14.0 Å². The van der Waals surface area contributed by atoms with E-state index in [-0.39, 0.29) is 12.2 Å². The Labute approximate surface area is 144 Å². The fourth-order valence-electron chi connectivity index (χ4n) is 1.88. The average Bonchev–Trinajstić information content (AvgIpc) is 2.64. The number of benzene rings is 2. The van der Waals surface area contributed by atoms with Gasteiger partial charge in [-0.1, -0.05) is 19.1 Å². The van der Waals surface area contributed by atoms with E-state index >= 15 is 0 Å². The first-order valence-electron chi connectivity index (χ1n) is 7.79. The first-order valence-corrected chi connectivity index (χ1v) is 7.79. The SMILES string of the molecule is CCCOc1ccccc1OCC(=O)NNC(=O)c1ccc(F)cc1. The zero-order valence-corrected chi connectivity index (χ0v) is 13.8. The van der Waals surface area contributed by atoms with Crippen LogP contribution in [0.4, 0.5) is 4.39 Å². The summed E-state index contributed by atoms with van der Waals surface area (Å²) in [6.45, 7) is 2.23. The highest BCUT2D eigenvalue weighted by molar-refractivity contribution is 5.95. The second-order valence-electron chi connectivity index (χ2n) is 5.09. The molecule has 2 amide bonds. The number of ether oxygens (including phenoxy) is 2. The Morgan fingerprint density at radius 3 is 2.24 bits per heavy atom. The van der Waals surface area contributed by atoms with E-state index in [1.807, 2.05) is 6.92 Å². The van der Waals surface area contributed by atoms with Crippen LogP contribution in [-0.2, 0) is 4.79 Å². The van der Waals surface area contributed by atoms with Crippen molar-refractivity contribution in [1.29, 1.82) is 0 Å². The highest BCUT2D eigenvalue weighted by Crippen LogP contribution is 2.26. The van der Waals surface area contributed by atoms with Gasteiger partial charge in [-0.15, -0.1) is 0 Å². The summed E-state index contributed by atoms with van der Waals surface area (Å²) in [6.07, 6.45) is 0.851. The van der Waals surface area contributed by atoms with Gasteiger partial charge in [0.2, 0.25) is 0 Å². The summed E-state index contributed by atoms with van der Waals surface area (Å²) in [7, 11) is 0. The van der Waals surface area contributed by atoms with Crippen molar-refractivity contribution in [2.75, 3.05) is 13.2 Å². The Hall–Kier alpha value is -3.09. The molecule has 2 N–H and O–H groups in total. The molecule has 2 rings (SSSR count). The monoisotopic (exact) mass is 346 g/mol. The van der Waals surface area contributed by atoms with Gasteiger partial charge in [0.25, 0.3) is 11.8 Å². The molecule has 0 aliphatic rings. The lowest BCUT2D eigenvalue weighted by Crippen LogP contribution is -2.43. The van der Waals surface area contributed by atoms with Gasteiger partial charge in [-0.05, 0) is 42.8 Å². The van der Waals surface area contributed by atoms with Crippen LogP contribution in [0.15, 0.2) is 48.5 Å². The van der Waals surface area contributed by atoms with Gasteiger partial charge in [-0.25, -0.2) is 4.39 Å². The molecule has 0 aliphatic heterocycles. The standard InChI is InChI=1S/C18H19FN2O4/c1-2-11-24-15-5-3-4-6-16(15)25-12-17(22)20-21-18(23)13-7-9-14(19)10-8-13/h3-10H,2,11-12H2,1H3,(H,20,22)(H,21,23). The fraction of sp³-hybridized carbons (Fsp3) is 0.222. The van der Waals surface area contributed by atoms with Crippen molar-refractivity contribution < 1.29 is 23.5 Å². The van der Waals surface area contributed by atoms with Crippen LogP contribution in [0.25, 0.3) is 0 Å². The first kappa shape index (κ1) is 18.3. The molecule has 0 saturated carbocycles. The number of nitrogens with one attached hydrogen (secondary N) is 2. The molecule has 0 unspecified atom stereocenters. The lowest BCUT2D eigenvalue weighted by molar-refractivity contribution is -0.123. The van der Waals surface area contributed by atoms with Gasteiger partial charge in [0.05, 0.1) is 6.61 Å². The molecule has 0 radical (unpaired) electrons. The smallest absolute Gasteiger partial charge is 0.276 e. The van der Waals surface area contributed by atoms with E-state index in [1.54, 1.807) is 24.3 Å². The molecule has 0 saturated heterocycles. The maximum atomic E-state index is 12.8. The van der Waals surface area contributed by atoms with Gasteiger partial charge in [-0.3, -0.25) is 20.4 Å². The molecule has 0 fully saturated rings. The Morgan fingerprint density at radius 2 is 1.60 bits per heavy atom. The predicted molar refractivity (Wildman–Crippen MR) is 89.7 cm³/mol. The largest absolute Gasteiger partial charge is 0.490 e. The van der Waals surface area contributed by atoms with Gasteiger partial charge in [0, 0.05) is 5.56 Å². The summed E-state index contributed by atoms with van der Waals surface area (Å²) in [5, 5.41) is 0. The van der Waals surface area contributed by atoms with Gasteiger partial charge in [0.1, 0.15) is 5.82 Å². The molecule has 0 aromatic heterocycles. The maximum absolute atomic E-state index is 12.8. The van der Waals surface area contributed by atoms with Crippen molar-refractivity contribution in [1.82, 2.24) is 10.9 Å². The van der Waals surface area contributed by atoms with Gasteiger partial charge >= 0.3 is 0 Å².